The van der Waals surface area contributed by atoms with Gasteiger partial charge >= 0.3 is 6.36 Å². The summed E-state index contributed by atoms with van der Waals surface area (Å²) in [6, 6.07) is 1.24. The van der Waals surface area contributed by atoms with Crippen molar-refractivity contribution in [2.75, 3.05) is 0 Å². The zero-order chi connectivity index (χ0) is 13.6. The molecule has 0 N–H and O–H groups in total. The van der Waals surface area contributed by atoms with Gasteiger partial charge in [-0.05, 0) is 0 Å². The Morgan fingerprint density at radius 3 is 2.44 bits per heavy atom. The van der Waals surface area contributed by atoms with E-state index in [-0.39, 0.29) is 11.4 Å². The van der Waals surface area contributed by atoms with Crippen molar-refractivity contribution in [3.63, 3.8) is 0 Å². The standard InChI is InChI=1S/C11H12F3N3O/c1-10(2,3)9-7(18-11(12,13)14)6-8-15-4-5-17(8)16-9/h4-6H,1-3H3. The molecular formula is C11H12F3N3O. The third kappa shape index (κ3) is 2.55. The summed E-state index contributed by atoms with van der Waals surface area (Å²) in [6.07, 6.45) is -1.71. The van der Waals surface area contributed by atoms with Gasteiger partial charge in [-0.3, -0.25) is 0 Å². The Balaban J connectivity index is 2.60. The highest BCUT2D eigenvalue weighted by molar-refractivity contribution is 5.46. The molecule has 0 spiro atoms. The number of rotatable bonds is 1. The highest BCUT2D eigenvalue weighted by Gasteiger charge is 2.34. The first-order chi connectivity index (χ1) is 8.17. The van der Waals surface area contributed by atoms with E-state index in [4.69, 9.17) is 0 Å². The molecule has 0 radical (unpaired) electrons. The lowest BCUT2D eigenvalue weighted by molar-refractivity contribution is -0.275. The van der Waals surface area contributed by atoms with Crippen LogP contribution in [-0.4, -0.2) is 21.0 Å². The third-order valence-corrected chi connectivity index (χ3v) is 2.29. The van der Waals surface area contributed by atoms with Gasteiger partial charge in [0.05, 0.1) is 0 Å². The fourth-order valence-electron chi connectivity index (χ4n) is 1.56. The van der Waals surface area contributed by atoms with Crippen molar-refractivity contribution in [2.24, 2.45) is 0 Å². The number of imidazole rings is 1. The van der Waals surface area contributed by atoms with E-state index in [1.807, 2.05) is 0 Å². The molecule has 0 saturated carbocycles. The minimum absolute atomic E-state index is 0.227. The van der Waals surface area contributed by atoms with Crippen molar-refractivity contribution in [3.05, 3.63) is 24.2 Å². The second-order valence-electron chi connectivity index (χ2n) is 4.89. The van der Waals surface area contributed by atoms with Crippen LogP contribution in [0.5, 0.6) is 5.75 Å². The molecule has 0 fully saturated rings. The van der Waals surface area contributed by atoms with Gasteiger partial charge in [-0.1, -0.05) is 20.8 Å². The Hall–Kier alpha value is -1.79. The fourth-order valence-corrected chi connectivity index (χ4v) is 1.56. The van der Waals surface area contributed by atoms with Gasteiger partial charge in [0.2, 0.25) is 0 Å². The van der Waals surface area contributed by atoms with E-state index in [0.717, 1.165) is 0 Å². The Morgan fingerprint density at radius 2 is 1.89 bits per heavy atom. The lowest BCUT2D eigenvalue weighted by Crippen LogP contribution is -2.23. The zero-order valence-electron chi connectivity index (χ0n) is 10.1. The Morgan fingerprint density at radius 1 is 1.22 bits per heavy atom. The van der Waals surface area contributed by atoms with E-state index < -0.39 is 11.8 Å². The van der Waals surface area contributed by atoms with Crippen LogP contribution >= 0.6 is 0 Å². The molecule has 2 heterocycles. The second-order valence-corrected chi connectivity index (χ2v) is 4.89. The summed E-state index contributed by atoms with van der Waals surface area (Å²) in [5, 5.41) is 4.12. The minimum atomic E-state index is -4.74. The van der Waals surface area contributed by atoms with Gasteiger partial charge < -0.3 is 4.74 Å². The molecule has 0 aromatic carbocycles. The number of alkyl halides is 3. The molecule has 18 heavy (non-hydrogen) atoms. The van der Waals surface area contributed by atoms with Gasteiger partial charge in [0, 0.05) is 23.9 Å². The van der Waals surface area contributed by atoms with Gasteiger partial charge in [0.1, 0.15) is 5.69 Å². The number of fused-ring (bicyclic) bond motifs is 1. The van der Waals surface area contributed by atoms with E-state index in [9.17, 15) is 13.2 Å². The maximum absolute atomic E-state index is 12.4. The lowest BCUT2D eigenvalue weighted by Gasteiger charge is -2.21. The predicted molar refractivity (Wildman–Crippen MR) is 58.4 cm³/mol. The zero-order valence-corrected chi connectivity index (χ0v) is 10.1. The Labute approximate surface area is 101 Å². The summed E-state index contributed by atoms with van der Waals surface area (Å²) in [5.74, 6) is -0.311. The smallest absolute Gasteiger partial charge is 0.404 e. The predicted octanol–water partition coefficient (Wildman–Crippen LogP) is 2.93. The van der Waals surface area contributed by atoms with Gasteiger partial charge in [-0.2, -0.15) is 5.10 Å². The van der Waals surface area contributed by atoms with E-state index in [1.165, 1.54) is 16.8 Å². The third-order valence-electron chi connectivity index (χ3n) is 2.29. The molecule has 2 aromatic rings. The van der Waals surface area contributed by atoms with Crippen molar-refractivity contribution in [1.82, 2.24) is 14.6 Å². The van der Waals surface area contributed by atoms with E-state index in [1.54, 1.807) is 27.0 Å². The first kappa shape index (κ1) is 12.7. The largest absolute Gasteiger partial charge is 0.573 e. The molecule has 0 saturated heterocycles. The van der Waals surface area contributed by atoms with Gasteiger partial charge in [0.15, 0.2) is 11.4 Å². The van der Waals surface area contributed by atoms with Crippen LogP contribution in [0, 0.1) is 0 Å². The number of hydrogen-bond donors (Lipinski definition) is 0. The maximum atomic E-state index is 12.4. The first-order valence-electron chi connectivity index (χ1n) is 5.27. The van der Waals surface area contributed by atoms with Crippen LogP contribution in [0.3, 0.4) is 0 Å². The highest BCUT2D eigenvalue weighted by Crippen LogP contribution is 2.33. The molecule has 2 aromatic heterocycles. The molecule has 0 aliphatic heterocycles. The van der Waals surface area contributed by atoms with Crippen LogP contribution in [0.1, 0.15) is 26.5 Å². The van der Waals surface area contributed by atoms with Gasteiger partial charge in [0.25, 0.3) is 0 Å². The minimum Gasteiger partial charge on any atom is -0.404 e. The summed E-state index contributed by atoms with van der Waals surface area (Å²) < 4.78 is 42.5. The molecule has 4 nitrogen and oxygen atoms in total. The van der Waals surface area contributed by atoms with Gasteiger partial charge in [-0.15, -0.1) is 13.2 Å². The molecule has 0 atom stereocenters. The maximum Gasteiger partial charge on any atom is 0.573 e. The van der Waals surface area contributed by atoms with Crippen LogP contribution in [0.25, 0.3) is 5.65 Å². The summed E-state index contributed by atoms with van der Waals surface area (Å²) in [7, 11) is 0. The topological polar surface area (TPSA) is 39.4 Å². The number of ether oxygens (including phenoxy) is 1. The summed E-state index contributed by atoms with van der Waals surface area (Å²) in [6.45, 7) is 5.30. The molecule has 98 valence electrons. The average molecular weight is 259 g/mol. The van der Waals surface area contributed by atoms with Crippen LogP contribution < -0.4 is 4.74 Å². The van der Waals surface area contributed by atoms with Crippen molar-refractivity contribution in [1.29, 1.82) is 0 Å². The monoisotopic (exact) mass is 259 g/mol. The van der Waals surface area contributed by atoms with Crippen molar-refractivity contribution < 1.29 is 17.9 Å². The summed E-state index contributed by atoms with van der Waals surface area (Å²) in [4.78, 5) is 3.89. The number of nitrogens with zero attached hydrogens (tertiary/aromatic N) is 3. The quantitative estimate of drug-likeness (QED) is 0.790. The summed E-state index contributed by atoms with van der Waals surface area (Å²) in [5.41, 5.74) is -0.0356. The summed E-state index contributed by atoms with van der Waals surface area (Å²) >= 11 is 0. The molecule has 2 rings (SSSR count). The highest BCUT2D eigenvalue weighted by atomic mass is 19.4. The van der Waals surface area contributed by atoms with Crippen molar-refractivity contribution in [3.8, 4) is 5.75 Å². The molecule has 0 aliphatic rings. The first-order valence-corrected chi connectivity index (χ1v) is 5.27. The molecule has 0 bridgehead atoms. The van der Waals surface area contributed by atoms with Crippen molar-refractivity contribution in [2.45, 2.75) is 32.5 Å². The number of halogens is 3. The van der Waals surface area contributed by atoms with Crippen LogP contribution in [0.15, 0.2) is 18.5 Å². The van der Waals surface area contributed by atoms with Crippen LogP contribution in [-0.2, 0) is 5.41 Å². The molecule has 7 heteroatoms. The second kappa shape index (κ2) is 3.86. The van der Waals surface area contributed by atoms with Gasteiger partial charge in [-0.25, -0.2) is 9.50 Å². The molecule has 0 amide bonds. The fraction of sp³-hybridized carbons (Fsp3) is 0.455. The number of hydrogen-bond acceptors (Lipinski definition) is 3. The normalized spacial score (nSPS) is 13.0. The van der Waals surface area contributed by atoms with E-state index in [2.05, 4.69) is 14.8 Å². The van der Waals surface area contributed by atoms with E-state index >= 15 is 0 Å². The number of aromatic nitrogens is 3. The SMILES string of the molecule is CC(C)(C)c1nn2ccnc2cc1OC(F)(F)F. The van der Waals surface area contributed by atoms with Crippen LogP contribution in [0.4, 0.5) is 13.2 Å². The molecule has 0 unspecified atom stereocenters. The molecular weight excluding hydrogens is 247 g/mol. The van der Waals surface area contributed by atoms with E-state index in [0.29, 0.717) is 5.65 Å². The lowest BCUT2D eigenvalue weighted by atomic mass is 9.91. The Bertz CT molecular complexity index is 569. The Kier molecular flexibility index (Phi) is 2.71. The van der Waals surface area contributed by atoms with Crippen LogP contribution in [0.2, 0.25) is 0 Å². The molecule has 0 aliphatic carbocycles. The average Bonchev–Trinajstić information content (AvgIpc) is 2.58. The van der Waals surface area contributed by atoms with Crippen molar-refractivity contribution >= 4 is 5.65 Å².